The zero-order chi connectivity index (χ0) is 13.8. The number of aromatic nitrogens is 1. The molecule has 0 saturated carbocycles. The van der Waals surface area contributed by atoms with Crippen molar-refractivity contribution in [2.24, 2.45) is 5.73 Å². The average Bonchev–Trinajstić information content (AvgIpc) is 2.40. The lowest BCUT2D eigenvalue weighted by Crippen LogP contribution is -2.21. The van der Waals surface area contributed by atoms with E-state index in [1.54, 1.807) is 6.20 Å². The smallest absolute Gasteiger partial charge is 0.0864 e. The Morgan fingerprint density at radius 1 is 1.16 bits per heavy atom. The topological polar surface area (TPSA) is 42.1 Å². The second-order valence-corrected chi connectivity index (χ2v) is 5.05. The van der Waals surface area contributed by atoms with Crippen LogP contribution in [0.4, 0.5) is 5.69 Å². The van der Waals surface area contributed by atoms with Gasteiger partial charge in [0.05, 0.1) is 16.6 Å². The van der Waals surface area contributed by atoms with Gasteiger partial charge < -0.3 is 10.6 Å². The van der Waals surface area contributed by atoms with Crippen molar-refractivity contribution >= 4 is 22.9 Å². The van der Waals surface area contributed by atoms with Gasteiger partial charge >= 0.3 is 0 Å². The first kappa shape index (κ1) is 13.5. The first-order valence-corrected chi connectivity index (χ1v) is 6.48. The number of thiocarbonyl (C=S) groups is 1. The number of nitrogens with two attached hydrogens (primary N) is 1. The van der Waals surface area contributed by atoms with Crippen LogP contribution in [-0.2, 0) is 0 Å². The predicted octanol–water partition coefficient (Wildman–Crippen LogP) is 2.57. The molecule has 3 nitrogen and oxygen atoms in total. The molecule has 0 bridgehead atoms. The minimum absolute atomic E-state index is 0.132. The van der Waals surface area contributed by atoms with Gasteiger partial charge in [0.25, 0.3) is 0 Å². The fourth-order valence-corrected chi connectivity index (χ4v) is 2.25. The number of nitrogens with zero attached hydrogens (tertiary/aromatic N) is 2. The normalized spacial score (nSPS) is 11.9. The third-order valence-electron chi connectivity index (χ3n) is 3.01. The highest BCUT2D eigenvalue weighted by Gasteiger charge is 2.18. The third-order valence-corrected chi connectivity index (χ3v) is 3.25. The van der Waals surface area contributed by atoms with E-state index in [0.717, 1.165) is 16.9 Å². The first-order valence-electron chi connectivity index (χ1n) is 6.07. The Kier molecular flexibility index (Phi) is 4.12. The molecular formula is C15H17N3S. The van der Waals surface area contributed by atoms with Crippen molar-refractivity contribution in [3.05, 3.63) is 59.9 Å². The highest BCUT2D eigenvalue weighted by molar-refractivity contribution is 7.80. The number of anilines is 1. The van der Waals surface area contributed by atoms with Crippen LogP contribution < -0.4 is 10.6 Å². The molecule has 0 aliphatic carbocycles. The van der Waals surface area contributed by atoms with E-state index >= 15 is 0 Å². The van der Waals surface area contributed by atoms with Gasteiger partial charge in [0.1, 0.15) is 0 Å². The van der Waals surface area contributed by atoms with E-state index in [9.17, 15) is 0 Å². The van der Waals surface area contributed by atoms with Crippen molar-refractivity contribution in [1.82, 2.24) is 4.98 Å². The Bertz CT molecular complexity index is 549. The lowest BCUT2D eigenvalue weighted by molar-refractivity contribution is 0.997. The van der Waals surface area contributed by atoms with Crippen LogP contribution in [0.3, 0.4) is 0 Å². The van der Waals surface area contributed by atoms with E-state index in [2.05, 4.69) is 22.0 Å². The second kappa shape index (κ2) is 5.80. The second-order valence-electron chi connectivity index (χ2n) is 4.58. The Morgan fingerprint density at radius 3 is 2.32 bits per heavy atom. The van der Waals surface area contributed by atoms with Crippen molar-refractivity contribution in [1.29, 1.82) is 0 Å². The summed E-state index contributed by atoms with van der Waals surface area (Å²) in [4.78, 5) is 6.85. The maximum Gasteiger partial charge on any atom is 0.0864 e. The summed E-state index contributed by atoms with van der Waals surface area (Å²) in [5.41, 5.74) is 8.97. The molecule has 0 amide bonds. The molecule has 0 radical (unpaired) electrons. The van der Waals surface area contributed by atoms with Crippen LogP contribution in [0, 0.1) is 0 Å². The number of pyridine rings is 1. The third kappa shape index (κ3) is 3.09. The van der Waals surface area contributed by atoms with Crippen LogP contribution >= 0.6 is 12.2 Å². The van der Waals surface area contributed by atoms with Crippen LogP contribution in [0.5, 0.6) is 0 Å². The average molecular weight is 271 g/mol. The molecule has 0 aliphatic heterocycles. The highest BCUT2D eigenvalue weighted by atomic mass is 32.1. The monoisotopic (exact) mass is 271 g/mol. The molecule has 2 N–H and O–H groups in total. The summed E-state index contributed by atoms with van der Waals surface area (Å²) in [6.07, 6.45) is 1.76. The van der Waals surface area contributed by atoms with E-state index in [1.165, 1.54) is 0 Å². The van der Waals surface area contributed by atoms with E-state index in [1.807, 2.05) is 44.4 Å². The number of hydrogen-bond acceptors (Lipinski definition) is 3. The Morgan fingerprint density at radius 2 is 1.84 bits per heavy atom. The summed E-state index contributed by atoms with van der Waals surface area (Å²) in [6.45, 7) is 0. The van der Waals surface area contributed by atoms with E-state index < -0.39 is 0 Å². The maximum atomic E-state index is 5.88. The first-order chi connectivity index (χ1) is 9.09. The highest BCUT2D eigenvalue weighted by Crippen LogP contribution is 2.25. The number of benzene rings is 1. The molecule has 1 atom stereocenters. The number of rotatable bonds is 4. The molecule has 0 spiro atoms. The predicted molar refractivity (Wildman–Crippen MR) is 83.6 cm³/mol. The van der Waals surface area contributed by atoms with Gasteiger partial charge in [0.2, 0.25) is 0 Å². The molecule has 2 aromatic rings. The summed E-state index contributed by atoms with van der Waals surface area (Å²) >= 11 is 5.19. The summed E-state index contributed by atoms with van der Waals surface area (Å²) in [5.74, 6) is -0.132. The summed E-state index contributed by atoms with van der Waals surface area (Å²) < 4.78 is 0. The van der Waals surface area contributed by atoms with Crippen molar-refractivity contribution in [2.45, 2.75) is 5.92 Å². The standard InChI is InChI=1S/C15H17N3S/c1-18(2)12-8-6-11(7-9-12)14(15(16)19)13-5-3-4-10-17-13/h3-10,14H,1-2H3,(H2,16,19). The summed E-state index contributed by atoms with van der Waals surface area (Å²) in [7, 11) is 4.03. The van der Waals surface area contributed by atoms with Crippen LogP contribution in [-0.4, -0.2) is 24.1 Å². The molecule has 0 saturated heterocycles. The maximum absolute atomic E-state index is 5.88. The zero-order valence-electron chi connectivity index (χ0n) is 11.1. The van der Waals surface area contributed by atoms with Gasteiger partial charge in [-0.25, -0.2) is 0 Å². The molecule has 19 heavy (non-hydrogen) atoms. The molecule has 1 aromatic carbocycles. The SMILES string of the molecule is CN(C)c1ccc(C(C(N)=S)c2ccccn2)cc1. The van der Waals surface area contributed by atoms with Crippen LogP contribution in [0.15, 0.2) is 48.7 Å². The molecule has 0 aliphatic rings. The van der Waals surface area contributed by atoms with Crippen LogP contribution in [0.25, 0.3) is 0 Å². The van der Waals surface area contributed by atoms with Crippen molar-refractivity contribution < 1.29 is 0 Å². The van der Waals surface area contributed by atoms with E-state index in [-0.39, 0.29) is 5.92 Å². The Labute approximate surface area is 119 Å². The molecule has 1 heterocycles. The summed E-state index contributed by atoms with van der Waals surface area (Å²) in [5, 5.41) is 0. The lowest BCUT2D eigenvalue weighted by Gasteiger charge is -2.17. The molecule has 98 valence electrons. The fraction of sp³-hybridized carbons (Fsp3) is 0.200. The zero-order valence-corrected chi connectivity index (χ0v) is 11.9. The lowest BCUT2D eigenvalue weighted by atomic mass is 9.95. The summed E-state index contributed by atoms with van der Waals surface area (Å²) in [6, 6.07) is 14.0. The van der Waals surface area contributed by atoms with Gasteiger partial charge in [-0.05, 0) is 29.8 Å². The van der Waals surface area contributed by atoms with Crippen LogP contribution in [0.2, 0.25) is 0 Å². The largest absolute Gasteiger partial charge is 0.392 e. The van der Waals surface area contributed by atoms with Gasteiger partial charge in [-0.1, -0.05) is 30.4 Å². The molecular weight excluding hydrogens is 254 g/mol. The van der Waals surface area contributed by atoms with Gasteiger partial charge in [-0.2, -0.15) is 0 Å². The van der Waals surface area contributed by atoms with E-state index in [0.29, 0.717) is 4.99 Å². The van der Waals surface area contributed by atoms with Gasteiger partial charge in [0, 0.05) is 26.0 Å². The van der Waals surface area contributed by atoms with Crippen molar-refractivity contribution in [2.75, 3.05) is 19.0 Å². The van der Waals surface area contributed by atoms with Gasteiger partial charge in [-0.3, -0.25) is 4.98 Å². The molecule has 2 rings (SSSR count). The van der Waals surface area contributed by atoms with Crippen molar-refractivity contribution in [3.63, 3.8) is 0 Å². The fourth-order valence-electron chi connectivity index (χ4n) is 1.99. The molecule has 0 fully saturated rings. The Hall–Kier alpha value is -1.94. The van der Waals surface area contributed by atoms with E-state index in [4.69, 9.17) is 18.0 Å². The van der Waals surface area contributed by atoms with Gasteiger partial charge in [-0.15, -0.1) is 0 Å². The minimum atomic E-state index is -0.132. The van der Waals surface area contributed by atoms with Gasteiger partial charge in [0.15, 0.2) is 0 Å². The minimum Gasteiger partial charge on any atom is -0.392 e. The van der Waals surface area contributed by atoms with Crippen LogP contribution in [0.1, 0.15) is 17.2 Å². The molecule has 1 aromatic heterocycles. The van der Waals surface area contributed by atoms with Crippen molar-refractivity contribution in [3.8, 4) is 0 Å². The Balaban J connectivity index is 2.38. The molecule has 1 unspecified atom stereocenters. The molecule has 4 heteroatoms. The quantitative estimate of drug-likeness (QED) is 0.868. The number of hydrogen-bond donors (Lipinski definition) is 1.